The molecule has 0 saturated heterocycles. The van der Waals surface area contributed by atoms with Crippen molar-refractivity contribution in [2.45, 2.75) is 52.9 Å². The van der Waals surface area contributed by atoms with Gasteiger partial charge in [0.2, 0.25) is 5.88 Å². The number of hydrogen-bond donors (Lipinski definition) is 2. The summed E-state index contributed by atoms with van der Waals surface area (Å²) >= 11 is 0. The van der Waals surface area contributed by atoms with Gasteiger partial charge in [-0.1, -0.05) is 27.2 Å². The maximum Gasteiger partial charge on any atom is 0.242 e. The molecule has 1 rings (SSSR count). The van der Waals surface area contributed by atoms with Gasteiger partial charge in [0.1, 0.15) is 11.5 Å². The summed E-state index contributed by atoms with van der Waals surface area (Å²) in [6.45, 7) is 9.18. The van der Waals surface area contributed by atoms with Crippen LogP contribution in [0.4, 0.5) is 11.5 Å². The van der Waals surface area contributed by atoms with Crippen molar-refractivity contribution in [3.05, 3.63) is 5.82 Å². The number of hydrogen-bond acceptors (Lipinski definition) is 6. The predicted octanol–water partition coefficient (Wildman–Crippen LogP) is 3.03. The third-order valence-corrected chi connectivity index (χ3v) is 3.12. The first kappa shape index (κ1) is 18.5. The van der Waals surface area contributed by atoms with Gasteiger partial charge < -0.3 is 20.5 Å². The zero-order valence-corrected chi connectivity index (χ0v) is 14.2. The molecule has 3 N–H and O–H groups in total. The van der Waals surface area contributed by atoms with Crippen molar-refractivity contribution in [3.63, 3.8) is 0 Å². The molecule has 0 fully saturated rings. The Kier molecular flexibility index (Phi) is 9.30. The standard InChI is InChI=1S/C16H30N4O2/c1-4-7-11-21-12-8-9-18-15-14(17)16(22-10-5-2)20-13(6-3)19-15/h4-12,17H2,1-3H3,(H,18,19,20). The SMILES string of the molecule is CCCCOCCCNc1nc(CC)nc(OCCC)c1N. The number of unbranched alkanes of at least 4 members (excludes halogenated alkanes) is 1. The van der Waals surface area contributed by atoms with E-state index in [1.165, 1.54) is 0 Å². The fourth-order valence-corrected chi connectivity index (χ4v) is 1.82. The minimum atomic E-state index is 0.482. The Hall–Kier alpha value is -1.56. The van der Waals surface area contributed by atoms with Crippen LogP contribution in [0.3, 0.4) is 0 Å². The quantitative estimate of drug-likeness (QED) is 0.577. The molecule has 0 aromatic carbocycles. The van der Waals surface area contributed by atoms with Crippen molar-refractivity contribution in [2.24, 2.45) is 0 Å². The van der Waals surface area contributed by atoms with E-state index in [9.17, 15) is 0 Å². The third kappa shape index (κ3) is 6.47. The Morgan fingerprint density at radius 3 is 2.45 bits per heavy atom. The molecule has 0 bridgehead atoms. The van der Waals surface area contributed by atoms with E-state index in [1.807, 2.05) is 6.92 Å². The molecule has 6 heteroatoms. The van der Waals surface area contributed by atoms with Gasteiger partial charge in [-0.3, -0.25) is 0 Å². The first-order chi connectivity index (χ1) is 10.7. The Bertz CT molecular complexity index is 427. The van der Waals surface area contributed by atoms with Crippen molar-refractivity contribution in [2.75, 3.05) is 37.4 Å². The van der Waals surface area contributed by atoms with Crippen LogP contribution in [0.2, 0.25) is 0 Å². The van der Waals surface area contributed by atoms with Gasteiger partial charge in [-0.15, -0.1) is 0 Å². The molecule has 0 radical (unpaired) electrons. The highest BCUT2D eigenvalue weighted by atomic mass is 16.5. The normalized spacial score (nSPS) is 10.7. The average molecular weight is 310 g/mol. The van der Waals surface area contributed by atoms with Crippen molar-refractivity contribution in [1.82, 2.24) is 9.97 Å². The summed E-state index contributed by atoms with van der Waals surface area (Å²) in [6.07, 6.45) is 4.86. The van der Waals surface area contributed by atoms with Gasteiger partial charge in [-0.05, 0) is 19.3 Å². The highest BCUT2D eigenvalue weighted by molar-refractivity contribution is 5.66. The predicted molar refractivity (Wildman–Crippen MR) is 90.4 cm³/mol. The lowest BCUT2D eigenvalue weighted by Gasteiger charge is -2.13. The Morgan fingerprint density at radius 2 is 1.77 bits per heavy atom. The highest BCUT2D eigenvalue weighted by Gasteiger charge is 2.12. The zero-order valence-electron chi connectivity index (χ0n) is 14.2. The first-order valence-electron chi connectivity index (χ1n) is 8.33. The maximum atomic E-state index is 6.08. The molecule has 1 aromatic rings. The summed E-state index contributed by atoms with van der Waals surface area (Å²) < 4.78 is 11.1. The third-order valence-electron chi connectivity index (χ3n) is 3.12. The van der Waals surface area contributed by atoms with Gasteiger partial charge >= 0.3 is 0 Å². The van der Waals surface area contributed by atoms with Crippen molar-refractivity contribution in [1.29, 1.82) is 0 Å². The van der Waals surface area contributed by atoms with Gasteiger partial charge in [-0.2, -0.15) is 4.98 Å². The minimum Gasteiger partial charge on any atom is -0.476 e. The number of ether oxygens (including phenoxy) is 2. The van der Waals surface area contributed by atoms with E-state index in [1.54, 1.807) is 0 Å². The van der Waals surface area contributed by atoms with E-state index in [-0.39, 0.29) is 0 Å². The molecular formula is C16H30N4O2. The van der Waals surface area contributed by atoms with Gasteiger partial charge in [-0.25, -0.2) is 4.98 Å². The number of nitrogens with one attached hydrogen (secondary N) is 1. The van der Waals surface area contributed by atoms with Crippen molar-refractivity contribution in [3.8, 4) is 5.88 Å². The van der Waals surface area contributed by atoms with E-state index >= 15 is 0 Å². The average Bonchev–Trinajstić information content (AvgIpc) is 2.54. The number of nitrogen functional groups attached to an aromatic ring is 1. The molecule has 6 nitrogen and oxygen atoms in total. The summed E-state index contributed by atoms with van der Waals surface area (Å²) in [4.78, 5) is 8.78. The second-order valence-electron chi connectivity index (χ2n) is 5.16. The van der Waals surface area contributed by atoms with Gasteiger partial charge in [0, 0.05) is 26.2 Å². The molecule has 0 saturated carbocycles. The zero-order chi connectivity index (χ0) is 16.2. The number of aryl methyl sites for hydroxylation is 1. The lowest BCUT2D eigenvalue weighted by atomic mass is 10.3. The Morgan fingerprint density at radius 1 is 1.00 bits per heavy atom. The van der Waals surface area contributed by atoms with Gasteiger partial charge in [0.25, 0.3) is 0 Å². The number of rotatable bonds is 12. The van der Waals surface area contributed by atoms with E-state index in [2.05, 4.69) is 29.1 Å². The van der Waals surface area contributed by atoms with Crippen LogP contribution in [0.5, 0.6) is 5.88 Å². The summed E-state index contributed by atoms with van der Waals surface area (Å²) in [5.74, 6) is 1.88. The molecule has 0 aliphatic heterocycles. The summed E-state index contributed by atoms with van der Waals surface area (Å²) in [7, 11) is 0. The molecule has 0 atom stereocenters. The molecule has 0 aliphatic rings. The van der Waals surface area contributed by atoms with Crippen LogP contribution in [0, 0.1) is 0 Å². The van der Waals surface area contributed by atoms with E-state index in [4.69, 9.17) is 15.2 Å². The second kappa shape index (κ2) is 11.1. The smallest absolute Gasteiger partial charge is 0.242 e. The lowest BCUT2D eigenvalue weighted by Crippen LogP contribution is -2.13. The van der Waals surface area contributed by atoms with Gasteiger partial charge in [0.05, 0.1) is 6.61 Å². The van der Waals surface area contributed by atoms with Crippen molar-refractivity contribution < 1.29 is 9.47 Å². The topological polar surface area (TPSA) is 82.3 Å². The highest BCUT2D eigenvalue weighted by Crippen LogP contribution is 2.26. The lowest BCUT2D eigenvalue weighted by molar-refractivity contribution is 0.131. The summed E-state index contributed by atoms with van der Waals surface area (Å²) in [5, 5.41) is 3.26. The van der Waals surface area contributed by atoms with Crippen molar-refractivity contribution >= 4 is 11.5 Å². The molecule has 126 valence electrons. The Balaban J connectivity index is 2.50. The fourth-order valence-electron chi connectivity index (χ4n) is 1.82. The van der Waals surface area contributed by atoms with Crippen LogP contribution < -0.4 is 15.8 Å². The molecule has 1 aromatic heterocycles. The largest absolute Gasteiger partial charge is 0.476 e. The summed E-state index contributed by atoms with van der Waals surface area (Å²) in [6, 6.07) is 0. The van der Waals surface area contributed by atoms with Crippen LogP contribution >= 0.6 is 0 Å². The van der Waals surface area contributed by atoms with E-state index in [0.717, 1.165) is 57.7 Å². The van der Waals surface area contributed by atoms with Crippen LogP contribution in [0.1, 0.15) is 52.3 Å². The number of nitrogens with zero attached hydrogens (tertiary/aromatic N) is 2. The van der Waals surface area contributed by atoms with E-state index in [0.29, 0.717) is 24.0 Å². The van der Waals surface area contributed by atoms with Crippen LogP contribution in [0.15, 0.2) is 0 Å². The monoisotopic (exact) mass is 310 g/mol. The molecule has 0 amide bonds. The van der Waals surface area contributed by atoms with Crippen LogP contribution in [0.25, 0.3) is 0 Å². The molecule has 22 heavy (non-hydrogen) atoms. The van der Waals surface area contributed by atoms with Gasteiger partial charge in [0.15, 0.2) is 5.82 Å². The van der Waals surface area contributed by atoms with E-state index < -0.39 is 0 Å². The molecule has 0 unspecified atom stereocenters. The number of anilines is 2. The maximum absolute atomic E-state index is 6.08. The number of aromatic nitrogens is 2. The fraction of sp³-hybridized carbons (Fsp3) is 0.750. The first-order valence-corrected chi connectivity index (χ1v) is 8.33. The Labute approximate surface area is 133 Å². The molecule has 0 spiro atoms. The molecule has 0 aliphatic carbocycles. The molecular weight excluding hydrogens is 280 g/mol. The van der Waals surface area contributed by atoms with Crippen LogP contribution in [-0.4, -0.2) is 36.3 Å². The summed E-state index contributed by atoms with van der Waals surface area (Å²) in [5.41, 5.74) is 6.57. The van der Waals surface area contributed by atoms with Crippen LogP contribution in [-0.2, 0) is 11.2 Å². The molecule has 1 heterocycles. The second-order valence-corrected chi connectivity index (χ2v) is 5.16. The number of nitrogens with two attached hydrogens (primary N) is 1. The minimum absolute atomic E-state index is 0.482.